The van der Waals surface area contributed by atoms with Crippen LogP contribution in [0.5, 0.6) is 0 Å². The van der Waals surface area contributed by atoms with E-state index in [1.54, 1.807) is 0 Å². The zero-order valence-corrected chi connectivity index (χ0v) is 12.4. The zero-order valence-electron chi connectivity index (χ0n) is 12.4. The smallest absolute Gasteiger partial charge is 0.0335 e. The Labute approximate surface area is 126 Å². The van der Waals surface area contributed by atoms with Crippen molar-refractivity contribution in [3.05, 3.63) is 83.4 Å². The minimum atomic E-state index is 0.0433. The Morgan fingerprint density at radius 1 is 0.857 bits per heavy atom. The van der Waals surface area contributed by atoms with Crippen LogP contribution in [0.2, 0.25) is 0 Å². The van der Waals surface area contributed by atoms with Gasteiger partial charge in [-0.3, -0.25) is 0 Å². The molecule has 1 heteroatoms. The van der Waals surface area contributed by atoms with Crippen LogP contribution in [0.15, 0.2) is 66.7 Å². The van der Waals surface area contributed by atoms with Crippen LogP contribution >= 0.6 is 0 Å². The maximum absolute atomic E-state index is 6.41. The van der Waals surface area contributed by atoms with E-state index in [2.05, 4.69) is 73.7 Å². The van der Waals surface area contributed by atoms with Gasteiger partial charge in [0.2, 0.25) is 0 Å². The molecule has 0 bridgehead atoms. The van der Waals surface area contributed by atoms with Crippen LogP contribution in [-0.2, 0) is 12.8 Å². The first kappa shape index (κ1) is 13.8. The quantitative estimate of drug-likeness (QED) is 0.737. The van der Waals surface area contributed by atoms with Crippen LogP contribution in [0, 0.1) is 0 Å². The lowest BCUT2D eigenvalue weighted by atomic mass is 9.95. The minimum Gasteiger partial charge on any atom is -0.324 e. The third-order valence-electron chi connectivity index (χ3n) is 4.14. The number of fused-ring (bicyclic) bond motifs is 1. The second-order valence-corrected chi connectivity index (χ2v) is 5.54. The molecule has 0 aliphatic heterocycles. The first-order chi connectivity index (χ1) is 10.3. The molecule has 0 fully saturated rings. The van der Waals surface area contributed by atoms with E-state index in [0.717, 1.165) is 12.8 Å². The Morgan fingerprint density at radius 3 is 2.33 bits per heavy atom. The highest BCUT2D eigenvalue weighted by molar-refractivity contribution is 5.85. The van der Waals surface area contributed by atoms with Gasteiger partial charge in [0.15, 0.2) is 0 Å². The van der Waals surface area contributed by atoms with Gasteiger partial charge >= 0.3 is 0 Å². The summed E-state index contributed by atoms with van der Waals surface area (Å²) >= 11 is 0. The van der Waals surface area contributed by atoms with Crippen molar-refractivity contribution in [1.82, 2.24) is 0 Å². The van der Waals surface area contributed by atoms with Gasteiger partial charge in [0.25, 0.3) is 0 Å². The number of aryl methyl sites for hydroxylation is 1. The van der Waals surface area contributed by atoms with E-state index in [1.165, 1.54) is 27.5 Å². The topological polar surface area (TPSA) is 26.0 Å². The van der Waals surface area contributed by atoms with Crippen molar-refractivity contribution < 1.29 is 0 Å². The van der Waals surface area contributed by atoms with Crippen molar-refractivity contribution in [2.75, 3.05) is 0 Å². The molecule has 0 heterocycles. The normalized spacial score (nSPS) is 12.5. The number of hydrogen-bond acceptors (Lipinski definition) is 1. The molecule has 2 N–H and O–H groups in total. The maximum atomic E-state index is 6.41. The average Bonchev–Trinajstić information content (AvgIpc) is 2.55. The molecule has 106 valence electrons. The number of nitrogens with two attached hydrogens (primary N) is 1. The fourth-order valence-electron chi connectivity index (χ4n) is 2.83. The molecule has 0 aliphatic carbocycles. The first-order valence-electron chi connectivity index (χ1n) is 7.59. The predicted molar refractivity (Wildman–Crippen MR) is 90.4 cm³/mol. The fraction of sp³-hybridized carbons (Fsp3) is 0.200. The molecule has 1 atom stereocenters. The van der Waals surface area contributed by atoms with E-state index in [9.17, 15) is 0 Å². The molecule has 3 aromatic carbocycles. The Balaban J connectivity index is 1.87. The molecule has 21 heavy (non-hydrogen) atoms. The van der Waals surface area contributed by atoms with Gasteiger partial charge in [-0.2, -0.15) is 0 Å². The van der Waals surface area contributed by atoms with Gasteiger partial charge in [-0.1, -0.05) is 73.7 Å². The van der Waals surface area contributed by atoms with Gasteiger partial charge in [0, 0.05) is 6.04 Å². The molecular weight excluding hydrogens is 254 g/mol. The number of hydrogen-bond donors (Lipinski definition) is 1. The SMILES string of the molecule is CCc1ccc(C(N)Cc2cccc3ccccc23)cc1. The molecule has 0 aromatic heterocycles. The summed E-state index contributed by atoms with van der Waals surface area (Å²) in [7, 11) is 0. The maximum Gasteiger partial charge on any atom is 0.0335 e. The van der Waals surface area contributed by atoms with E-state index in [-0.39, 0.29) is 6.04 Å². The lowest BCUT2D eigenvalue weighted by molar-refractivity contribution is 0.725. The predicted octanol–water partition coefficient (Wildman–Crippen LogP) is 4.64. The minimum absolute atomic E-state index is 0.0433. The number of benzene rings is 3. The largest absolute Gasteiger partial charge is 0.324 e. The standard InChI is InChI=1S/C20H21N/c1-2-15-10-12-17(13-11-15)20(21)14-18-8-5-7-16-6-3-4-9-19(16)18/h3-13,20H,2,14,21H2,1H3. The molecular formula is C20H21N. The van der Waals surface area contributed by atoms with Gasteiger partial charge < -0.3 is 5.73 Å². The van der Waals surface area contributed by atoms with Gasteiger partial charge in [-0.15, -0.1) is 0 Å². The van der Waals surface area contributed by atoms with Crippen LogP contribution in [0.1, 0.15) is 29.7 Å². The summed E-state index contributed by atoms with van der Waals surface area (Å²) in [5, 5.41) is 2.59. The molecule has 0 saturated heterocycles. The third kappa shape index (κ3) is 2.98. The first-order valence-corrected chi connectivity index (χ1v) is 7.59. The van der Waals surface area contributed by atoms with Gasteiger partial charge in [-0.05, 0) is 40.3 Å². The van der Waals surface area contributed by atoms with Crippen LogP contribution < -0.4 is 5.73 Å². The molecule has 1 unspecified atom stereocenters. The summed E-state index contributed by atoms with van der Waals surface area (Å²) in [6, 6.07) is 23.7. The molecule has 0 aliphatic rings. The zero-order chi connectivity index (χ0) is 14.7. The summed E-state index contributed by atoms with van der Waals surface area (Å²) < 4.78 is 0. The second kappa shape index (κ2) is 6.11. The Bertz CT molecular complexity index is 723. The lowest BCUT2D eigenvalue weighted by Crippen LogP contribution is -2.13. The summed E-state index contributed by atoms with van der Waals surface area (Å²) in [5.74, 6) is 0. The molecule has 0 spiro atoms. The van der Waals surface area contributed by atoms with Crippen molar-refractivity contribution >= 4 is 10.8 Å². The molecule has 1 nitrogen and oxygen atoms in total. The highest BCUT2D eigenvalue weighted by Crippen LogP contribution is 2.23. The Hall–Kier alpha value is -2.12. The molecule has 0 radical (unpaired) electrons. The van der Waals surface area contributed by atoms with E-state index >= 15 is 0 Å². The van der Waals surface area contributed by atoms with Gasteiger partial charge in [0.1, 0.15) is 0 Å². The van der Waals surface area contributed by atoms with E-state index in [0.29, 0.717) is 0 Å². The monoisotopic (exact) mass is 275 g/mol. The second-order valence-electron chi connectivity index (χ2n) is 5.54. The van der Waals surface area contributed by atoms with Gasteiger partial charge in [0.05, 0.1) is 0 Å². The van der Waals surface area contributed by atoms with Crippen molar-refractivity contribution in [3.63, 3.8) is 0 Å². The van der Waals surface area contributed by atoms with Crippen molar-refractivity contribution in [2.24, 2.45) is 5.73 Å². The van der Waals surface area contributed by atoms with Crippen LogP contribution in [-0.4, -0.2) is 0 Å². The molecule has 0 saturated carbocycles. The van der Waals surface area contributed by atoms with Crippen molar-refractivity contribution in [3.8, 4) is 0 Å². The number of rotatable bonds is 4. The molecule has 3 aromatic rings. The average molecular weight is 275 g/mol. The van der Waals surface area contributed by atoms with Crippen LogP contribution in [0.25, 0.3) is 10.8 Å². The van der Waals surface area contributed by atoms with Crippen LogP contribution in [0.4, 0.5) is 0 Å². The van der Waals surface area contributed by atoms with Crippen molar-refractivity contribution in [1.29, 1.82) is 0 Å². The third-order valence-corrected chi connectivity index (χ3v) is 4.14. The summed E-state index contributed by atoms with van der Waals surface area (Å²) in [6.45, 7) is 2.17. The molecule has 0 amide bonds. The molecule has 3 rings (SSSR count). The summed E-state index contributed by atoms with van der Waals surface area (Å²) in [6.07, 6.45) is 1.94. The lowest BCUT2D eigenvalue weighted by Gasteiger charge is -2.14. The summed E-state index contributed by atoms with van der Waals surface area (Å²) in [4.78, 5) is 0. The van der Waals surface area contributed by atoms with E-state index in [1.807, 2.05) is 0 Å². The Morgan fingerprint density at radius 2 is 1.57 bits per heavy atom. The van der Waals surface area contributed by atoms with Gasteiger partial charge in [-0.25, -0.2) is 0 Å². The van der Waals surface area contributed by atoms with E-state index < -0.39 is 0 Å². The van der Waals surface area contributed by atoms with E-state index in [4.69, 9.17) is 5.73 Å². The Kier molecular flexibility index (Phi) is 4.03. The van der Waals surface area contributed by atoms with Crippen LogP contribution in [0.3, 0.4) is 0 Å². The fourth-order valence-corrected chi connectivity index (χ4v) is 2.83. The van der Waals surface area contributed by atoms with Crippen molar-refractivity contribution in [2.45, 2.75) is 25.8 Å². The summed E-state index contributed by atoms with van der Waals surface area (Å²) in [5.41, 5.74) is 10.3. The highest BCUT2D eigenvalue weighted by atomic mass is 14.6. The highest BCUT2D eigenvalue weighted by Gasteiger charge is 2.09.